The van der Waals surface area contributed by atoms with Gasteiger partial charge in [-0.15, -0.1) is 0 Å². The van der Waals surface area contributed by atoms with E-state index < -0.39 is 12.0 Å². The molecular formula is C20H20FN3O5. The number of amides is 1. The first-order valence-electron chi connectivity index (χ1n) is 8.83. The van der Waals surface area contributed by atoms with E-state index in [1.54, 1.807) is 25.1 Å². The molecule has 0 bridgehead atoms. The number of methoxy groups -OCH3 is 2. The molecular weight excluding hydrogens is 381 g/mol. The van der Waals surface area contributed by atoms with Crippen LogP contribution >= 0.6 is 0 Å². The molecule has 9 heteroatoms. The molecule has 0 saturated carbocycles. The molecule has 0 aliphatic rings. The van der Waals surface area contributed by atoms with Gasteiger partial charge in [0.2, 0.25) is 5.82 Å². The maximum absolute atomic E-state index is 13.0. The first-order chi connectivity index (χ1) is 14.0. The van der Waals surface area contributed by atoms with Crippen molar-refractivity contribution in [3.63, 3.8) is 0 Å². The number of anilines is 1. The van der Waals surface area contributed by atoms with Crippen molar-refractivity contribution in [3.8, 4) is 28.5 Å². The van der Waals surface area contributed by atoms with E-state index in [0.717, 1.165) is 0 Å². The van der Waals surface area contributed by atoms with E-state index in [1.807, 2.05) is 0 Å². The second-order valence-electron chi connectivity index (χ2n) is 5.99. The number of nitrogens with one attached hydrogen (secondary N) is 1. The van der Waals surface area contributed by atoms with Crippen molar-refractivity contribution in [3.05, 3.63) is 48.3 Å². The molecule has 0 aliphatic heterocycles. The number of hydrogen-bond acceptors (Lipinski definition) is 7. The lowest BCUT2D eigenvalue weighted by Crippen LogP contribution is -2.32. The van der Waals surface area contributed by atoms with Gasteiger partial charge in [0.25, 0.3) is 5.91 Å². The highest BCUT2D eigenvalue weighted by Gasteiger charge is 2.23. The number of benzene rings is 2. The zero-order chi connectivity index (χ0) is 20.8. The van der Waals surface area contributed by atoms with Gasteiger partial charge in [-0.2, -0.15) is 0 Å². The van der Waals surface area contributed by atoms with Gasteiger partial charge in [0.15, 0.2) is 23.3 Å². The van der Waals surface area contributed by atoms with Crippen molar-refractivity contribution >= 4 is 11.7 Å². The van der Waals surface area contributed by atoms with Gasteiger partial charge in [-0.1, -0.05) is 6.92 Å². The fourth-order valence-electron chi connectivity index (χ4n) is 2.64. The summed E-state index contributed by atoms with van der Waals surface area (Å²) in [5.74, 6) is 0.751. The van der Waals surface area contributed by atoms with Gasteiger partial charge in [0.1, 0.15) is 11.6 Å². The van der Waals surface area contributed by atoms with Gasteiger partial charge >= 0.3 is 0 Å². The summed E-state index contributed by atoms with van der Waals surface area (Å²) in [5, 5.41) is 10.3. The molecule has 1 aromatic heterocycles. The molecule has 1 heterocycles. The average Bonchev–Trinajstić information content (AvgIpc) is 3.20. The fraction of sp³-hybridized carbons (Fsp3) is 0.250. The van der Waals surface area contributed by atoms with Gasteiger partial charge in [0, 0.05) is 5.56 Å². The van der Waals surface area contributed by atoms with Crippen LogP contribution in [0.25, 0.3) is 11.3 Å². The van der Waals surface area contributed by atoms with E-state index in [1.165, 1.54) is 38.5 Å². The van der Waals surface area contributed by atoms with E-state index in [9.17, 15) is 9.18 Å². The third-order valence-electron chi connectivity index (χ3n) is 4.14. The topological polar surface area (TPSA) is 95.7 Å². The first kappa shape index (κ1) is 20.1. The van der Waals surface area contributed by atoms with Crippen molar-refractivity contribution in [2.24, 2.45) is 0 Å². The Morgan fingerprint density at radius 1 is 1.10 bits per heavy atom. The fourth-order valence-corrected chi connectivity index (χ4v) is 2.64. The molecule has 0 fully saturated rings. The average molecular weight is 401 g/mol. The lowest BCUT2D eigenvalue weighted by atomic mass is 10.1. The predicted octanol–water partition coefficient (Wildman–Crippen LogP) is 3.69. The molecule has 0 spiro atoms. The Balaban J connectivity index is 1.78. The molecule has 1 amide bonds. The molecule has 152 valence electrons. The monoisotopic (exact) mass is 401 g/mol. The lowest BCUT2D eigenvalue weighted by molar-refractivity contribution is -0.122. The molecule has 8 nitrogen and oxygen atoms in total. The van der Waals surface area contributed by atoms with Crippen LogP contribution in [0.15, 0.2) is 47.1 Å². The third kappa shape index (κ3) is 4.63. The summed E-state index contributed by atoms with van der Waals surface area (Å²) in [4.78, 5) is 12.7. The van der Waals surface area contributed by atoms with Crippen LogP contribution < -0.4 is 19.5 Å². The summed E-state index contributed by atoms with van der Waals surface area (Å²) in [7, 11) is 3.05. The maximum Gasteiger partial charge on any atom is 0.266 e. The Bertz CT molecular complexity index is 975. The molecule has 1 atom stereocenters. The smallest absolute Gasteiger partial charge is 0.266 e. The van der Waals surface area contributed by atoms with E-state index in [-0.39, 0.29) is 11.6 Å². The summed E-state index contributed by atoms with van der Waals surface area (Å²) in [6.45, 7) is 1.80. The first-order valence-corrected chi connectivity index (χ1v) is 8.83. The van der Waals surface area contributed by atoms with Gasteiger partial charge in [0.05, 0.1) is 14.2 Å². The second kappa shape index (κ2) is 9.05. The number of carbonyl (C=O) groups is 1. The van der Waals surface area contributed by atoms with E-state index in [4.69, 9.17) is 18.8 Å². The minimum atomic E-state index is -0.810. The lowest BCUT2D eigenvalue weighted by Gasteiger charge is -2.16. The minimum absolute atomic E-state index is 0.142. The maximum atomic E-state index is 13.0. The number of hydrogen-bond donors (Lipinski definition) is 1. The summed E-state index contributed by atoms with van der Waals surface area (Å²) in [5.41, 5.74) is 0.947. The molecule has 2 aromatic carbocycles. The Morgan fingerprint density at radius 2 is 1.83 bits per heavy atom. The number of nitrogens with zero attached hydrogens (tertiary/aromatic N) is 2. The van der Waals surface area contributed by atoms with Crippen LogP contribution in [0.2, 0.25) is 0 Å². The van der Waals surface area contributed by atoms with Crippen molar-refractivity contribution in [1.29, 1.82) is 0 Å². The molecule has 0 saturated heterocycles. The summed E-state index contributed by atoms with van der Waals surface area (Å²) in [6, 6.07) is 10.6. The molecule has 3 rings (SSSR count). The van der Waals surface area contributed by atoms with E-state index in [0.29, 0.717) is 34.9 Å². The third-order valence-corrected chi connectivity index (χ3v) is 4.14. The summed E-state index contributed by atoms with van der Waals surface area (Å²) >= 11 is 0. The van der Waals surface area contributed by atoms with E-state index >= 15 is 0 Å². The van der Waals surface area contributed by atoms with Crippen LogP contribution in [0.5, 0.6) is 17.2 Å². The Kier molecular flexibility index (Phi) is 6.28. The number of ether oxygens (including phenoxy) is 3. The highest BCUT2D eigenvalue weighted by atomic mass is 19.1. The van der Waals surface area contributed by atoms with Crippen molar-refractivity contribution < 1.29 is 28.0 Å². The highest BCUT2D eigenvalue weighted by molar-refractivity contribution is 5.96. The molecule has 0 radical (unpaired) electrons. The summed E-state index contributed by atoms with van der Waals surface area (Å²) < 4.78 is 34.0. The normalized spacial score (nSPS) is 11.6. The van der Waals surface area contributed by atoms with Crippen LogP contribution in [-0.4, -0.2) is 36.5 Å². The number of aromatic nitrogens is 2. The number of halogens is 1. The van der Waals surface area contributed by atoms with E-state index in [2.05, 4.69) is 15.6 Å². The molecule has 29 heavy (non-hydrogen) atoms. The van der Waals surface area contributed by atoms with Crippen LogP contribution in [0.1, 0.15) is 13.3 Å². The molecule has 1 N–H and O–H groups in total. The van der Waals surface area contributed by atoms with Crippen molar-refractivity contribution in [1.82, 2.24) is 10.3 Å². The standard InChI is InChI=1S/C20H20FN3O5/c1-4-15(28-14-8-6-13(21)7-9-14)20(25)22-19-18(23-29-24-19)12-5-10-16(26-2)17(11-12)27-3/h5-11,15H,4H2,1-3H3,(H,22,24,25)/t15-/m0/s1. The van der Waals surface area contributed by atoms with Gasteiger partial charge < -0.3 is 19.5 Å². The quantitative estimate of drug-likeness (QED) is 0.615. The molecule has 0 unspecified atom stereocenters. The molecule has 0 aliphatic carbocycles. The van der Waals surface area contributed by atoms with Gasteiger partial charge in [-0.25, -0.2) is 9.02 Å². The Labute approximate surface area is 166 Å². The SMILES string of the molecule is CC[C@H](Oc1ccc(F)cc1)C(=O)Nc1nonc1-c1ccc(OC)c(OC)c1. The Hall–Kier alpha value is -3.62. The van der Waals surface area contributed by atoms with Crippen molar-refractivity contribution in [2.45, 2.75) is 19.4 Å². The molecule has 3 aromatic rings. The van der Waals surface area contributed by atoms with Crippen LogP contribution in [-0.2, 0) is 4.79 Å². The van der Waals surface area contributed by atoms with Crippen LogP contribution in [0.3, 0.4) is 0 Å². The van der Waals surface area contributed by atoms with Gasteiger partial charge in [-0.3, -0.25) is 4.79 Å². The van der Waals surface area contributed by atoms with Gasteiger partial charge in [-0.05, 0) is 59.2 Å². The minimum Gasteiger partial charge on any atom is -0.493 e. The van der Waals surface area contributed by atoms with Crippen molar-refractivity contribution in [2.75, 3.05) is 19.5 Å². The highest BCUT2D eigenvalue weighted by Crippen LogP contribution is 2.34. The Morgan fingerprint density at radius 3 is 2.48 bits per heavy atom. The van der Waals surface area contributed by atoms with Crippen LogP contribution in [0, 0.1) is 5.82 Å². The number of rotatable bonds is 8. The summed E-state index contributed by atoms with van der Waals surface area (Å²) in [6.07, 6.45) is -0.421. The largest absolute Gasteiger partial charge is 0.493 e. The predicted molar refractivity (Wildman–Crippen MR) is 103 cm³/mol. The zero-order valence-electron chi connectivity index (χ0n) is 16.1. The second-order valence-corrected chi connectivity index (χ2v) is 5.99. The number of carbonyl (C=O) groups excluding carboxylic acids is 1. The zero-order valence-corrected chi connectivity index (χ0v) is 16.1. The van der Waals surface area contributed by atoms with Crippen LogP contribution in [0.4, 0.5) is 10.2 Å².